The van der Waals surface area contributed by atoms with Gasteiger partial charge in [-0.1, -0.05) is 13.8 Å². The molecule has 0 spiro atoms. The van der Waals surface area contributed by atoms with Crippen LogP contribution in [0.5, 0.6) is 0 Å². The van der Waals surface area contributed by atoms with E-state index in [0.29, 0.717) is 13.0 Å². The van der Waals surface area contributed by atoms with E-state index in [4.69, 9.17) is 4.74 Å². The zero-order valence-corrected chi connectivity index (χ0v) is 10.2. The van der Waals surface area contributed by atoms with Crippen LogP contribution in [0.15, 0.2) is 16.8 Å². The number of carbonyl (C=O) groups excluding carboxylic acids is 1. The molecule has 3 heteroatoms. The normalized spacial score (nSPS) is 12.7. The number of thiophene rings is 1. The maximum atomic E-state index is 11.8. The largest absolute Gasteiger partial charge is 0.366 e. The third kappa shape index (κ3) is 3.76. The Kier molecular flexibility index (Phi) is 5.58. The first-order valence-electron chi connectivity index (χ1n) is 5.46. The van der Waals surface area contributed by atoms with Gasteiger partial charge in [-0.05, 0) is 35.2 Å². The van der Waals surface area contributed by atoms with E-state index in [1.807, 2.05) is 23.8 Å². The Hall–Kier alpha value is -0.670. The molecule has 2 nitrogen and oxygen atoms in total. The molecule has 0 N–H and O–H groups in total. The Morgan fingerprint density at radius 3 is 2.80 bits per heavy atom. The van der Waals surface area contributed by atoms with Crippen molar-refractivity contribution in [3.63, 3.8) is 0 Å². The van der Waals surface area contributed by atoms with E-state index >= 15 is 0 Å². The molecule has 1 heterocycles. The molecular formula is C12H18O2S. The van der Waals surface area contributed by atoms with Crippen LogP contribution < -0.4 is 0 Å². The van der Waals surface area contributed by atoms with Gasteiger partial charge in [-0.15, -0.1) is 0 Å². The molecule has 0 aliphatic heterocycles. The maximum Gasteiger partial charge on any atom is 0.166 e. The van der Waals surface area contributed by atoms with Crippen molar-refractivity contribution >= 4 is 17.1 Å². The molecule has 1 aromatic heterocycles. The highest BCUT2D eigenvalue weighted by atomic mass is 32.1. The van der Waals surface area contributed by atoms with Crippen molar-refractivity contribution in [3.8, 4) is 0 Å². The van der Waals surface area contributed by atoms with Gasteiger partial charge in [-0.3, -0.25) is 4.79 Å². The van der Waals surface area contributed by atoms with Crippen molar-refractivity contribution < 1.29 is 9.53 Å². The van der Waals surface area contributed by atoms with E-state index in [0.717, 1.165) is 18.4 Å². The van der Waals surface area contributed by atoms with Crippen molar-refractivity contribution in [2.75, 3.05) is 6.61 Å². The van der Waals surface area contributed by atoms with Crippen LogP contribution in [0.3, 0.4) is 0 Å². The number of ether oxygens (including phenoxy) is 1. The van der Waals surface area contributed by atoms with E-state index < -0.39 is 0 Å². The molecule has 15 heavy (non-hydrogen) atoms. The summed E-state index contributed by atoms with van der Waals surface area (Å²) in [5.41, 5.74) is 1.01. The SMILES string of the molecule is CCCOC(C(=O)CCC)c1ccsc1. The van der Waals surface area contributed by atoms with Gasteiger partial charge >= 0.3 is 0 Å². The molecular weight excluding hydrogens is 208 g/mol. The number of rotatable bonds is 7. The fourth-order valence-corrected chi connectivity index (χ4v) is 2.09. The van der Waals surface area contributed by atoms with Crippen molar-refractivity contribution in [2.45, 2.75) is 39.2 Å². The highest BCUT2D eigenvalue weighted by Crippen LogP contribution is 2.23. The molecule has 1 unspecified atom stereocenters. The highest BCUT2D eigenvalue weighted by molar-refractivity contribution is 7.08. The third-order valence-corrected chi connectivity index (χ3v) is 2.82. The lowest BCUT2D eigenvalue weighted by Gasteiger charge is -2.14. The molecule has 0 amide bonds. The summed E-state index contributed by atoms with van der Waals surface area (Å²) in [4.78, 5) is 11.8. The second kappa shape index (κ2) is 6.75. The van der Waals surface area contributed by atoms with Gasteiger partial charge in [-0.2, -0.15) is 11.3 Å². The minimum atomic E-state index is -0.337. The summed E-state index contributed by atoms with van der Waals surface area (Å²) in [5.74, 6) is 0.198. The lowest BCUT2D eigenvalue weighted by Crippen LogP contribution is -2.15. The zero-order valence-electron chi connectivity index (χ0n) is 9.36. The molecule has 0 aliphatic rings. The fraction of sp³-hybridized carbons (Fsp3) is 0.583. The summed E-state index contributed by atoms with van der Waals surface area (Å²) in [6.45, 7) is 4.72. The lowest BCUT2D eigenvalue weighted by atomic mass is 10.1. The molecule has 1 atom stereocenters. The van der Waals surface area contributed by atoms with Crippen LogP contribution in [0.1, 0.15) is 44.8 Å². The molecule has 0 saturated carbocycles. The summed E-state index contributed by atoms with van der Waals surface area (Å²) >= 11 is 1.60. The Morgan fingerprint density at radius 2 is 2.27 bits per heavy atom. The van der Waals surface area contributed by atoms with Crippen LogP contribution in [0.4, 0.5) is 0 Å². The van der Waals surface area contributed by atoms with Gasteiger partial charge in [0, 0.05) is 13.0 Å². The predicted molar refractivity (Wildman–Crippen MR) is 63.2 cm³/mol. The summed E-state index contributed by atoms with van der Waals surface area (Å²) < 4.78 is 5.61. The molecule has 0 aliphatic carbocycles. The van der Waals surface area contributed by atoms with E-state index in [1.165, 1.54) is 0 Å². The first-order valence-corrected chi connectivity index (χ1v) is 6.40. The minimum Gasteiger partial charge on any atom is -0.366 e. The van der Waals surface area contributed by atoms with Gasteiger partial charge in [-0.25, -0.2) is 0 Å². The molecule has 1 aromatic rings. The Balaban J connectivity index is 2.65. The quantitative estimate of drug-likeness (QED) is 0.710. The monoisotopic (exact) mass is 226 g/mol. The van der Waals surface area contributed by atoms with Gasteiger partial charge in [0.2, 0.25) is 0 Å². The maximum absolute atomic E-state index is 11.8. The smallest absolute Gasteiger partial charge is 0.166 e. The second-order valence-electron chi connectivity index (χ2n) is 3.52. The first-order chi connectivity index (χ1) is 7.29. The highest BCUT2D eigenvalue weighted by Gasteiger charge is 2.20. The van der Waals surface area contributed by atoms with Gasteiger partial charge in [0.1, 0.15) is 6.10 Å². The number of carbonyl (C=O) groups is 1. The fourth-order valence-electron chi connectivity index (χ4n) is 1.41. The number of ketones is 1. The number of hydrogen-bond acceptors (Lipinski definition) is 3. The van der Waals surface area contributed by atoms with E-state index in [-0.39, 0.29) is 11.9 Å². The van der Waals surface area contributed by atoms with Crippen molar-refractivity contribution in [1.82, 2.24) is 0 Å². The van der Waals surface area contributed by atoms with Crippen LogP contribution in [0.25, 0.3) is 0 Å². The molecule has 0 radical (unpaired) electrons. The summed E-state index contributed by atoms with van der Waals surface area (Å²) in [6, 6.07) is 1.97. The van der Waals surface area contributed by atoms with Crippen molar-refractivity contribution in [1.29, 1.82) is 0 Å². The van der Waals surface area contributed by atoms with Crippen LogP contribution in [-0.2, 0) is 9.53 Å². The van der Waals surface area contributed by atoms with Crippen LogP contribution in [0.2, 0.25) is 0 Å². The zero-order chi connectivity index (χ0) is 11.1. The molecule has 1 rings (SSSR count). The minimum absolute atomic E-state index is 0.198. The lowest BCUT2D eigenvalue weighted by molar-refractivity contribution is -0.131. The Morgan fingerprint density at radius 1 is 1.47 bits per heavy atom. The standard InChI is InChI=1S/C12H18O2S/c1-3-5-11(13)12(14-7-4-2)10-6-8-15-9-10/h6,8-9,12H,3-5,7H2,1-2H3. The van der Waals surface area contributed by atoms with Gasteiger partial charge < -0.3 is 4.74 Å². The van der Waals surface area contributed by atoms with Gasteiger partial charge in [0.25, 0.3) is 0 Å². The molecule has 84 valence electrons. The van der Waals surface area contributed by atoms with Crippen molar-refractivity contribution in [3.05, 3.63) is 22.4 Å². The van der Waals surface area contributed by atoms with E-state index in [2.05, 4.69) is 6.92 Å². The molecule has 0 saturated heterocycles. The average Bonchev–Trinajstić information content (AvgIpc) is 2.72. The first kappa shape index (κ1) is 12.4. The molecule has 0 bridgehead atoms. The second-order valence-corrected chi connectivity index (χ2v) is 4.30. The van der Waals surface area contributed by atoms with Crippen molar-refractivity contribution in [2.24, 2.45) is 0 Å². The third-order valence-electron chi connectivity index (χ3n) is 2.12. The van der Waals surface area contributed by atoms with E-state index in [9.17, 15) is 4.79 Å². The summed E-state index contributed by atoms with van der Waals surface area (Å²) in [5, 5.41) is 3.98. The number of Topliss-reactive ketones (excluding diaryl/α,β-unsaturated/α-hetero) is 1. The van der Waals surface area contributed by atoms with Gasteiger partial charge in [0.05, 0.1) is 0 Å². The van der Waals surface area contributed by atoms with Crippen LogP contribution in [0, 0.1) is 0 Å². The van der Waals surface area contributed by atoms with E-state index in [1.54, 1.807) is 11.3 Å². The predicted octanol–water partition coefficient (Wildman–Crippen LogP) is 3.59. The average molecular weight is 226 g/mol. The molecule has 0 aromatic carbocycles. The van der Waals surface area contributed by atoms with Crippen LogP contribution in [-0.4, -0.2) is 12.4 Å². The Labute approximate surface area is 95.3 Å². The van der Waals surface area contributed by atoms with Gasteiger partial charge in [0.15, 0.2) is 5.78 Å². The van der Waals surface area contributed by atoms with Crippen LogP contribution >= 0.6 is 11.3 Å². The molecule has 0 fully saturated rings. The topological polar surface area (TPSA) is 26.3 Å². The summed E-state index contributed by atoms with van der Waals surface area (Å²) in [7, 11) is 0. The summed E-state index contributed by atoms with van der Waals surface area (Å²) in [6.07, 6.45) is 2.09. The Bertz CT molecular complexity index is 280. The number of hydrogen-bond donors (Lipinski definition) is 0.